The van der Waals surface area contributed by atoms with Gasteiger partial charge < -0.3 is 10.1 Å². The number of hydrogen-bond acceptors (Lipinski definition) is 1. The molecule has 0 unspecified atom stereocenters. The van der Waals surface area contributed by atoms with Crippen LogP contribution in [0.1, 0.15) is 47.6 Å². The van der Waals surface area contributed by atoms with Crippen molar-refractivity contribution in [1.82, 2.24) is 4.98 Å². The molecule has 0 aliphatic carbocycles. The average Bonchev–Trinajstić information content (AvgIpc) is 2.91. The monoisotopic (exact) mass is 293 g/mol. The number of aromatic nitrogens is 1. The lowest BCUT2D eigenvalue weighted by Gasteiger charge is -2.11. The Morgan fingerprint density at radius 3 is 2.55 bits per heavy atom. The van der Waals surface area contributed by atoms with Crippen LogP contribution in [-0.2, 0) is 6.42 Å². The van der Waals surface area contributed by atoms with Gasteiger partial charge in [-0.25, -0.2) is 0 Å². The molecule has 0 bridgehead atoms. The van der Waals surface area contributed by atoms with Crippen LogP contribution in [0.5, 0.6) is 5.75 Å². The summed E-state index contributed by atoms with van der Waals surface area (Å²) in [7, 11) is 0. The minimum Gasteiger partial charge on any atom is -0.508 e. The van der Waals surface area contributed by atoms with Crippen molar-refractivity contribution in [3.8, 4) is 5.75 Å². The molecule has 0 saturated carbocycles. The molecule has 0 spiro atoms. The first-order valence-electron chi connectivity index (χ1n) is 7.85. The molecule has 2 nitrogen and oxygen atoms in total. The number of aromatic hydroxyl groups is 1. The zero-order valence-electron chi connectivity index (χ0n) is 13.7. The van der Waals surface area contributed by atoms with E-state index in [4.69, 9.17) is 0 Å². The van der Waals surface area contributed by atoms with Gasteiger partial charge in [0.2, 0.25) is 0 Å². The second-order valence-corrected chi connectivity index (χ2v) is 6.45. The lowest BCUT2D eigenvalue weighted by Crippen LogP contribution is -1.95. The Hall–Kier alpha value is -2.22. The van der Waals surface area contributed by atoms with Crippen molar-refractivity contribution in [3.05, 3.63) is 64.3 Å². The molecule has 3 aromatic rings. The Kier molecular flexibility index (Phi) is 3.69. The van der Waals surface area contributed by atoms with Gasteiger partial charge in [-0.05, 0) is 72.2 Å². The fraction of sp³-hybridized carbons (Fsp3) is 0.300. The molecule has 0 fully saturated rings. The SMILES string of the molecule is Cc1c(O)ccc(Cc2ccc3[nH]cc(C(C)C)c3c2)c1C. The van der Waals surface area contributed by atoms with Gasteiger partial charge in [0.15, 0.2) is 0 Å². The number of fused-ring (bicyclic) bond motifs is 1. The molecule has 22 heavy (non-hydrogen) atoms. The van der Waals surface area contributed by atoms with E-state index < -0.39 is 0 Å². The van der Waals surface area contributed by atoms with Gasteiger partial charge in [-0.2, -0.15) is 0 Å². The Morgan fingerprint density at radius 2 is 1.82 bits per heavy atom. The quantitative estimate of drug-likeness (QED) is 0.683. The summed E-state index contributed by atoms with van der Waals surface area (Å²) in [5.74, 6) is 0.895. The summed E-state index contributed by atoms with van der Waals surface area (Å²) in [5.41, 5.74) is 7.31. The second kappa shape index (κ2) is 5.53. The highest BCUT2D eigenvalue weighted by atomic mass is 16.3. The Bertz CT molecular complexity index is 827. The first-order chi connectivity index (χ1) is 10.5. The third-order valence-corrected chi connectivity index (χ3v) is 4.67. The number of hydrogen-bond donors (Lipinski definition) is 2. The van der Waals surface area contributed by atoms with E-state index in [1.54, 1.807) is 6.07 Å². The van der Waals surface area contributed by atoms with Crippen LogP contribution in [0.4, 0.5) is 0 Å². The van der Waals surface area contributed by atoms with E-state index in [0.29, 0.717) is 11.7 Å². The molecule has 0 atom stereocenters. The normalized spacial score (nSPS) is 11.5. The highest BCUT2D eigenvalue weighted by molar-refractivity contribution is 5.84. The fourth-order valence-corrected chi connectivity index (χ4v) is 3.05. The first-order valence-corrected chi connectivity index (χ1v) is 7.85. The van der Waals surface area contributed by atoms with Crippen molar-refractivity contribution >= 4 is 10.9 Å². The molecular formula is C20H23NO. The van der Waals surface area contributed by atoms with Crippen molar-refractivity contribution in [3.63, 3.8) is 0 Å². The molecule has 1 heterocycles. The number of phenols is 1. The van der Waals surface area contributed by atoms with E-state index in [1.807, 2.05) is 13.0 Å². The second-order valence-electron chi connectivity index (χ2n) is 6.45. The smallest absolute Gasteiger partial charge is 0.118 e. The van der Waals surface area contributed by atoms with Crippen LogP contribution in [0.2, 0.25) is 0 Å². The molecule has 2 heteroatoms. The molecule has 3 rings (SSSR count). The lowest BCUT2D eigenvalue weighted by molar-refractivity contribution is 0.470. The van der Waals surface area contributed by atoms with Crippen molar-refractivity contribution in [1.29, 1.82) is 0 Å². The molecule has 2 N–H and O–H groups in total. The molecule has 0 radical (unpaired) electrons. The maximum atomic E-state index is 9.80. The Labute approximate surface area is 131 Å². The van der Waals surface area contributed by atoms with E-state index >= 15 is 0 Å². The topological polar surface area (TPSA) is 36.0 Å². The van der Waals surface area contributed by atoms with Gasteiger partial charge in [0, 0.05) is 17.1 Å². The summed E-state index contributed by atoms with van der Waals surface area (Å²) < 4.78 is 0. The molecule has 0 aliphatic rings. The van der Waals surface area contributed by atoms with Crippen LogP contribution >= 0.6 is 0 Å². The molecule has 1 aromatic heterocycles. The molecule has 0 saturated heterocycles. The Morgan fingerprint density at radius 1 is 1.05 bits per heavy atom. The molecule has 2 aromatic carbocycles. The summed E-state index contributed by atoms with van der Waals surface area (Å²) in [6.45, 7) is 8.50. The van der Waals surface area contributed by atoms with Gasteiger partial charge in [-0.3, -0.25) is 0 Å². The van der Waals surface area contributed by atoms with Crippen LogP contribution < -0.4 is 0 Å². The van der Waals surface area contributed by atoms with E-state index in [1.165, 1.54) is 33.2 Å². The summed E-state index contributed by atoms with van der Waals surface area (Å²) in [5, 5.41) is 11.1. The van der Waals surface area contributed by atoms with E-state index in [-0.39, 0.29) is 0 Å². The van der Waals surface area contributed by atoms with Crippen molar-refractivity contribution in [2.75, 3.05) is 0 Å². The van der Waals surface area contributed by atoms with Crippen molar-refractivity contribution < 1.29 is 5.11 Å². The van der Waals surface area contributed by atoms with Gasteiger partial charge in [-0.15, -0.1) is 0 Å². The van der Waals surface area contributed by atoms with Crippen LogP contribution in [0, 0.1) is 13.8 Å². The number of nitrogens with one attached hydrogen (secondary N) is 1. The maximum Gasteiger partial charge on any atom is 0.118 e. The summed E-state index contributed by atoms with van der Waals surface area (Å²) in [6.07, 6.45) is 3.01. The minimum atomic E-state index is 0.379. The predicted octanol–water partition coefficient (Wildman–Crippen LogP) is 5.20. The zero-order chi connectivity index (χ0) is 15.9. The number of H-pyrrole nitrogens is 1. The number of aromatic amines is 1. The van der Waals surface area contributed by atoms with Gasteiger partial charge in [-0.1, -0.05) is 26.0 Å². The summed E-state index contributed by atoms with van der Waals surface area (Å²) >= 11 is 0. The fourth-order valence-electron chi connectivity index (χ4n) is 3.05. The number of rotatable bonds is 3. The van der Waals surface area contributed by atoms with Gasteiger partial charge in [0.1, 0.15) is 5.75 Å². The molecular weight excluding hydrogens is 270 g/mol. The highest BCUT2D eigenvalue weighted by Crippen LogP contribution is 2.28. The van der Waals surface area contributed by atoms with Gasteiger partial charge >= 0.3 is 0 Å². The molecule has 114 valence electrons. The minimum absolute atomic E-state index is 0.379. The number of benzene rings is 2. The molecule has 0 amide bonds. The number of phenolic OH excluding ortho intramolecular Hbond substituents is 1. The third-order valence-electron chi connectivity index (χ3n) is 4.67. The van der Waals surface area contributed by atoms with E-state index in [9.17, 15) is 5.11 Å². The highest BCUT2D eigenvalue weighted by Gasteiger charge is 2.10. The van der Waals surface area contributed by atoms with E-state index in [0.717, 1.165) is 12.0 Å². The summed E-state index contributed by atoms with van der Waals surface area (Å²) in [6, 6.07) is 10.5. The third kappa shape index (κ3) is 2.50. The lowest BCUT2D eigenvalue weighted by atomic mass is 9.95. The van der Waals surface area contributed by atoms with Gasteiger partial charge in [0.25, 0.3) is 0 Å². The zero-order valence-corrected chi connectivity index (χ0v) is 13.7. The van der Waals surface area contributed by atoms with E-state index in [2.05, 4.69) is 50.2 Å². The largest absolute Gasteiger partial charge is 0.508 e. The van der Waals surface area contributed by atoms with Crippen molar-refractivity contribution in [2.24, 2.45) is 0 Å². The average molecular weight is 293 g/mol. The van der Waals surface area contributed by atoms with Crippen LogP contribution in [0.25, 0.3) is 10.9 Å². The first kappa shape index (κ1) is 14.7. The predicted molar refractivity (Wildman–Crippen MR) is 92.8 cm³/mol. The summed E-state index contributed by atoms with van der Waals surface area (Å²) in [4.78, 5) is 3.36. The van der Waals surface area contributed by atoms with Crippen LogP contribution in [0.15, 0.2) is 36.5 Å². The van der Waals surface area contributed by atoms with Crippen LogP contribution in [-0.4, -0.2) is 10.1 Å². The van der Waals surface area contributed by atoms with Crippen molar-refractivity contribution in [2.45, 2.75) is 40.0 Å². The molecule has 0 aliphatic heterocycles. The Balaban J connectivity index is 2.01. The maximum absolute atomic E-state index is 9.80. The van der Waals surface area contributed by atoms with Gasteiger partial charge in [0.05, 0.1) is 0 Å². The standard InChI is InChI=1S/C20H23NO/c1-12(2)18-11-21-19-7-5-15(10-17(18)19)9-16-6-8-20(22)14(4)13(16)3/h5-8,10-12,21-22H,9H2,1-4H3. The van der Waals surface area contributed by atoms with Crippen LogP contribution in [0.3, 0.4) is 0 Å².